The van der Waals surface area contributed by atoms with Crippen molar-refractivity contribution in [2.75, 3.05) is 0 Å². The van der Waals surface area contributed by atoms with E-state index in [-0.39, 0.29) is 0 Å². The van der Waals surface area contributed by atoms with Gasteiger partial charge in [0.1, 0.15) is 0 Å². The number of para-hydroxylation sites is 3. The second-order valence-corrected chi connectivity index (χ2v) is 19.9. The van der Waals surface area contributed by atoms with Crippen LogP contribution in [0.2, 0.25) is 0 Å². The third-order valence-electron chi connectivity index (χ3n) is 3.58. The topological polar surface area (TPSA) is 27.7 Å². The van der Waals surface area contributed by atoms with Crippen LogP contribution in [0.1, 0.15) is 0 Å². The Morgan fingerprint density at radius 1 is 0.731 bits per heavy atom. The van der Waals surface area contributed by atoms with Gasteiger partial charge in [-0.2, -0.15) is 0 Å². The molecule has 2 heterocycles. The summed E-state index contributed by atoms with van der Waals surface area (Å²) in [6.45, 7) is 0. The minimum absolute atomic E-state index is 0.910. The van der Waals surface area contributed by atoms with Crippen LogP contribution in [0, 0.1) is 0 Å². The summed E-state index contributed by atoms with van der Waals surface area (Å²) in [4.78, 5) is 3.57. The van der Waals surface area contributed by atoms with Gasteiger partial charge in [-0.05, 0) is 0 Å². The third-order valence-corrected chi connectivity index (χ3v) is 18.2. The Morgan fingerprint density at radius 3 is 2.15 bits per heavy atom. The Balaban J connectivity index is 1.30. The molecule has 0 aromatic heterocycles. The Morgan fingerprint density at radius 2 is 1.38 bits per heavy atom. The van der Waals surface area contributed by atoms with E-state index >= 15 is 0 Å². The molecule has 2 aliphatic rings. The number of benzene rings is 3. The first-order valence-electron chi connectivity index (χ1n) is 7.80. The van der Waals surface area contributed by atoms with Crippen molar-refractivity contribution >= 4 is 56.9 Å². The first kappa shape index (κ1) is 17.3. The number of hydrogen-bond acceptors (Lipinski definition) is 6. The maximum absolute atomic E-state index is 6.30. The van der Waals surface area contributed by atoms with Gasteiger partial charge >= 0.3 is 173 Å². The SMILES string of the molecule is c1ccc2c(c1)O[As](Oc1ccccc1S[As]1Oc3ccccc3S1)S2. The van der Waals surface area contributed by atoms with E-state index in [0.29, 0.717) is 0 Å². The zero-order chi connectivity index (χ0) is 17.3. The summed E-state index contributed by atoms with van der Waals surface area (Å²) in [5, 5.41) is 0. The van der Waals surface area contributed by atoms with Crippen LogP contribution in [0.4, 0.5) is 0 Å². The molecule has 2 aliphatic heterocycles. The van der Waals surface area contributed by atoms with Gasteiger partial charge < -0.3 is 0 Å². The summed E-state index contributed by atoms with van der Waals surface area (Å²) in [5.74, 6) is 2.87. The molecule has 0 bridgehead atoms. The molecule has 5 rings (SSSR count). The Labute approximate surface area is 171 Å². The van der Waals surface area contributed by atoms with Crippen LogP contribution in [0.25, 0.3) is 0 Å². The van der Waals surface area contributed by atoms with E-state index in [1.54, 1.807) is 10.0 Å². The molecule has 0 saturated carbocycles. The van der Waals surface area contributed by atoms with Gasteiger partial charge in [-0.25, -0.2) is 0 Å². The van der Waals surface area contributed by atoms with Gasteiger partial charge in [-0.3, -0.25) is 0 Å². The predicted octanol–water partition coefficient (Wildman–Crippen LogP) is 5.50. The summed E-state index contributed by atoms with van der Waals surface area (Å²) in [6.07, 6.45) is 0. The molecule has 3 nitrogen and oxygen atoms in total. The predicted molar refractivity (Wildman–Crippen MR) is 110 cm³/mol. The molecule has 8 heteroatoms. The zero-order valence-electron chi connectivity index (χ0n) is 13.3. The molecule has 2 unspecified atom stereocenters. The molecule has 0 amide bonds. The summed E-state index contributed by atoms with van der Waals surface area (Å²) in [7, 11) is 5.44. The fraction of sp³-hybridized carbons (Fsp3) is 0. The van der Waals surface area contributed by atoms with Crippen LogP contribution in [0.15, 0.2) is 87.5 Å². The van der Waals surface area contributed by atoms with Crippen molar-refractivity contribution in [2.45, 2.75) is 14.7 Å². The molecule has 0 aliphatic carbocycles. The molecule has 26 heavy (non-hydrogen) atoms. The van der Waals surface area contributed by atoms with Gasteiger partial charge in [0.15, 0.2) is 0 Å². The Bertz CT molecular complexity index is 830. The van der Waals surface area contributed by atoms with E-state index in [2.05, 4.69) is 30.3 Å². The first-order chi connectivity index (χ1) is 12.8. The third kappa shape index (κ3) is 3.63. The molecule has 0 radical (unpaired) electrons. The Kier molecular flexibility index (Phi) is 5.13. The molecule has 130 valence electrons. The molecule has 3 aromatic carbocycles. The van der Waals surface area contributed by atoms with Gasteiger partial charge in [0.2, 0.25) is 0 Å². The van der Waals surface area contributed by atoms with E-state index in [1.807, 2.05) is 62.5 Å². The van der Waals surface area contributed by atoms with Crippen molar-refractivity contribution in [3.8, 4) is 17.2 Å². The van der Waals surface area contributed by atoms with Crippen LogP contribution < -0.4 is 11.2 Å². The average molecular weight is 522 g/mol. The average Bonchev–Trinajstić information content (AvgIpc) is 3.26. The van der Waals surface area contributed by atoms with Gasteiger partial charge in [-0.1, -0.05) is 0 Å². The Hall–Kier alpha value is -0.773. The second kappa shape index (κ2) is 7.69. The maximum atomic E-state index is 6.30. The summed E-state index contributed by atoms with van der Waals surface area (Å²) in [6, 6.07) is 24.6. The second-order valence-electron chi connectivity index (χ2n) is 5.34. The molecular formula is C18H12As2O3S3. The van der Waals surface area contributed by atoms with Crippen LogP contribution in [-0.4, -0.2) is 26.9 Å². The number of rotatable bonds is 4. The van der Waals surface area contributed by atoms with Crippen LogP contribution >= 0.6 is 30.1 Å². The molecule has 0 spiro atoms. The first-order valence-corrected chi connectivity index (χ1v) is 19.3. The van der Waals surface area contributed by atoms with Gasteiger partial charge in [-0.15, -0.1) is 0 Å². The molecule has 3 aromatic rings. The summed E-state index contributed by atoms with van der Waals surface area (Å²) >= 11 is -3.52. The molecule has 2 atom stereocenters. The van der Waals surface area contributed by atoms with E-state index in [1.165, 1.54) is 9.79 Å². The fourth-order valence-corrected chi connectivity index (χ4v) is 18.4. The van der Waals surface area contributed by atoms with Crippen molar-refractivity contribution < 1.29 is 11.2 Å². The standard InChI is InChI=1S/C18H12As2O3S3/c1-4-10-16-13(7-1)21-19(24-16)22-14-8-2-5-11-17(14)25-20-23-15-9-3-6-12-18(15)26-20/h1-12H. The molecule has 0 saturated heterocycles. The van der Waals surface area contributed by atoms with Crippen LogP contribution in [-0.2, 0) is 0 Å². The van der Waals surface area contributed by atoms with Gasteiger partial charge in [0.05, 0.1) is 0 Å². The quantitative estimate of drug-likeness (QED) is 0.421. The normalized spacial score (nSPS) is 20.0. The molecule has 0 N–H and O–H groups in total. The van der Waals surface area contributed by atoms with Crippen molar-refractivity contribution in [3.05, 3.63) is 72.8 Å². The summed E-state index contributed by atoms with van der Waals surface area (Å²) < 4.78 is 18.5. The van der Waals surface area contributed by atoms with Crippen molar-refractivity contribution in [2.24, 2.45) is 0 Å². The van der Waals surface area contributed by atoms with Gasteiger partial charge in [0, 0.05) is 0 Å². The van der Waals surface area contributed by atoms with Crippen molar-refractivity contribution in [1.82, 2.24) is 0 Å². The molecule has 0 fully saturated rings. The summed E-state index contributed by atoms with van der Waals surface area (Å²) in [5.41, 5.74) is 0. The van der Waals surface area contributed by atoms with Gasteiger partial charge in [0.25, 0.3) is 0 Å². The van der Waals surface area contributed by atoms with Crippen molar-refractivity contribution in [1.29, 1.82) is 0 Å². The zero-order valence-corrected chi connectivity index (χ0v) is 19.5. The monoisotopic (exact) mass is 522 g/mol. The van der Waals surface area contributed by atoms with Crippen LogP contribution in [0.5, 0.6) is 17.2 Å². The van der Waals surface area contributed by atoms with Crippen molar-refractivity contribution in [3.63, 3.8) is 0 Å². The molecular weight excluding hydrogens is 510 g/mol. The van der Waals surface area contributed by atoms with E-state index < -0.39 is 26.9 Å². The van der Waals surface area contributed by atoms with E-state index in [4.69, 9.17) is 11.2 Å². The number of hydrogen-bond donors (Lipinski definition) is 0. The fourth-order valence-electron chi connectivity index (χ4n) is 2.40. The number of fused-ring (bicyclic) bond motifs is 2. The van der Waals surface area contributed by atoms with E-state index in [0.717, 1.165) is 22.1 Å². The van der Waals surface area contributed by atoms with Crippen LogP contribution in [0.3, 0.4) is 0 Å². The van der Waals surface area contributed by atoms with E-state index in [9.17, 15) is 0 Å². The minimum atomic E-state index is -1.93.